The van der Waals surface area contributed by atoms with Gasteiger partial charge in [-0.2, -0.15) is 0 Å². The van der Waals surface area contributed by atoms with Crippen molar-refractivity contribution in [1.82, 2.24) is 9.88 Å². The fourth-order valence-electron chi connectivity index (χ4n) is 3.94. The van der Waals surface area contributed by atoms with Crippen LogP contribution < -0.4 is 9.80 Å². The molecule has 0 spiro atoms. The molecule has 4 rings (SSSR count). The molecule has 0 saturated carbocycles. The Kier molecular flexibility index (Phi) is 5.10. The van der Waals surface area contributed by atoms with E-state index in [1.165, 1.54) is 12.1 Å². The number of piperazine rings is 1. The predicted molar refractivity (Wildman–Crippen MR) is 107 cm³/mol. The van der Waals surface area contributed by atoms with Crippen molar-refractivity contribution in [3.8, 4) is 0 Å². The molecule has 0 aliphatic carbocycles. The van der Waals surface area contributed by atoms with Gasteiger partial charge in [0.15, 0.2) is 0 Å². The van der Waals surface area contributed by atoms with Gasteiger partial charge in [-0.15, -0.1) is 0 Å². The minimum Gasteiger partial charge on any atom is -0.371 e. The molecular formula is C20H23N5O3. The highest BCUT2D eigenvalue weighted by atomic mass is 16.6. The molecule has 0 atom stereocenters. The predicted octanol–water partition coefficient (Wildman–Crippen LogP) is 2.55. The third-order valence-electron chi connectivity index (χ3n) is 5.46. The summed E-state index contributed by atoms with van der Waals surface area (Å²) in [7, 11) is 0. The number of pyridine rings is 1. The number of carbonyl (C=O) groups excluding carboxylic acids is 1. The van der Waals surface area contributed by atoms with Gasteiger partial charge in [0.25, 0.3) is 11.6 Å². The van der Waals surface area contributed by atoms with Crippen LogP contribution in [-0.2, 0) is 0 Å². The molecule has 1 aromatic carbocycles. The summed E-state index contributed by atoms with van der Waals surface area (Å²) in [5, 5.41) is 11.2. The lowest BCUT2D eigenvalue weighted by Gasteiger charge is -2.36. The number of nitrogens with zero attached hydrogens (tertiary/aromatic N) is 5. The van der Waals surface area contributed by atoms with Crippen LogP contribution in [0.15, 0.2) is 42.7 Å². The summed E-state index contributed by atoms with van der Waals surface area (Å²) in [6.45, 7) is 4.39. The Balaban J connectivity index is 1.54. The van der Waals surface area contributed by atoms with Crippen LogP contribution >= 0.6 is 0 Å². The lowest BCUT2D eigenvalue weighted by atomic mass is 10.1. The number of amides is 1. The lowest BCUT2D eigenvalue weighted by molar-refractivity contribution is -0.384. The van der Waals surface area contributed by atoms with Crippen molar-refractivity contribution in [3.05, 3.63) is 58.4 Å². The quantitative estimate of drug-likeness (QED) is 0.598. The Bertz CT molecular complexity index is 859. The number of hydrogen-bond acceptors (Lipinski definition) is 6. The van der Waals surface area contributed by atoms with Gasteiger partial charge in [-0.3, -0.25) is 19.9 Å². The second-order valence-electron chi connectivity index (χ2n) is 7.14. The molecule has 0 unspecified atom stereocenters. The number of non-ortho nitro benzene ring substituents is 1. The summed E-state index contributed by atoms with van der Waals surface area (Å²) in [6.07, 6.45) is 5.68. The number of rotatable bonds is 4. The van der Waals surface area contributed by atoms with E-state index in [0.29, 0.717) is 18.7 Å². The zero-order valence-electron chi connectivity index (χ0n) is 15.7. The summed E-state index contributed by atoms with van der Waals surface area (Å²) in [5.74, 6) is -0.125. The first-order chi connectivity index (χ1) is 13.6. The summed E-state index contributed by atoms with van der Waals surface area (Å²) >= 11 is 0. The van der Waals surface area contributed by atoms with Crippen molar-refractivity contribution >= 4 is 23.0 Å². The smallest absolute Gasteiger partial charge is 0.270 e. The molecule has 3 heterocycles. The number of anilines is 2. The minimum absolute atomic E-state index is 0.0401. The fraction of sp³-hybridized carbons (Fsp3) is 0.400. The summed E-state index contributed by atoms with van der Waals surface area (Å²) < 4.78 is 0. The van der Waals surface area contributed by atoms with Crippen LogP contribution in [0, 0.1) is 10.1 Å². The maximum atomic E-state index is 13.2. The lowest BCUT2D eigenvalue weighted by Crippen LogP contribution is -2.49. The van der Waals surface area contributed by atoms with Crippen LogP contribution in [0.3, 0.4) is 0 Å². The van der Waals surface area contributed by atoms with E-state index in [-0.39, 0.29) is 11.6 Å². The molecular weight excluding hydrogens is 358 g/mol. The van der Waals surface area contributed by atoms with Crippen molar-refractivity contribution in [2.45, 2.75) is 12.8 Å². The number of nitro benzene ring substituents is 1. The van der Waals surface area contributed by atoms with Crippen LogP contribution in [0.4, 0.5) is 17.1 Å². The van der Waals surface area contributed by atoms with Crippen molar-refractivity contribution < 1.29 is 9.72 Å². The molecule has 2 aromatic rings. The maximum absolute atomic E-state index is 13.2. The van der Waals surface area contributed by atoms with Gasteiger partial charge in [-0.05, 0) is 31.0 Å². The van der Waals surface area contributed by atoms with Crippen molar-refractivity contribution in [2.24, 2.45) is 0 Å². The molecule has 2 saturated heterocycles. The molecule has 146 valence electrons. The number of benzene rings is 1. The van der Waals surface area contributed by atoms with E-state index in [1.54, 1.807) is 23.4 Å². The number of aromatic nitrogens is 1. The normalized spacial score (nSPS) is 17.1. The summed E-state index contributed by atoms with van der Waals surface area (Å²) in [4.78, 5) is 34.3. The number of nitro groups is 1. The molecule has 1 amide bonds. The first-order valence-electron chi connectivity index (χ1n) is 9.61. The average Bonchev–Trinajstić information content (AvgIpc) is 3.28. The van der Waals surface area contributed by atoms with E-state index in [1.807, 2.05) is 12.1 Å². The standard InChI is InChI=1S/C20H23N5O3/c26-20(24-13-11-22(12-14-24)16-5-7-21-8-6-16)18-15-17(25(27)28)3-4-19(18)23-9-1-2-10-23/h3-8,15H,1-2,9-14H2. The monoisotopic (exact) mass is 381 g/mol. The molecule has 2 aliphatic heterocycles. The third-order valence-corrected chi connectivity index (χ3v) is 5.46. The van der Waals surface area contributed by atoms with E-state index in [9.17, 15) is 14.9 Å². The minimum atomic E-state index is -0.439. The number of carbonyl (C=O) groups is 1. The highest BCUT2D eigenvalue weighted by Crippen LogP contribution is 2.30. The molecule has 8 nitrogen and oxygen atoms in total. The van der Waals surface area contributed by atoms with Gasteiger partial charge in [0, 0.05) is 69.5 Å². The van der Waals surface area contributed by atoms with E-state index in [2.05, 4.69) is 14.8 Å². The zero-order chi connectivity index (χ0) is 19.5. The SMILES string of the molecule is O=C(c1cc([N+](=O)[O-])ccc1N1CCCC1)N1CCN(c2ccncc2)CC1. The van der Waals surface area contributed by atoms with E-state index in [0.717, 1.165) is 50.4 Å². The van der Waals surface area contributed by atoms with E-state index < -0.39 is 4.92 Å². The fourth-order valence-corrected chi connectivity index (χ4v) is 3.94. The van der Waals surface area contributed by atoms with Crippen LogP contribution in [-0.4, -0.2) is 60.0 Å². The molecule has 28 heavy (non-hydrogen) atoms. The largest absolute Gasteiger partial charge is 0.371 e. The highest BCUT2D eigenvalue weighted by molar-refractivity contribution is 6.00. The number of hydrogen-bond donors (Lipinski definition) is 0. The van der Waals surface area contributed by atoms with Crippen LogP contribution in [0.1, 0.15) is 23.2 Å². The molecule has 0 N–H and O–H groups in total. The average molecular weight is 381 g/mol. The first-order valence-corrected chi connectivity index (χ1v) is 9.61. The van der Waals surface area contributed by atoms with Crippen molar-refractivity contribution in [3.63, 3.8) is 0 Å². The molecule has 0 radical (unpaired) electrons. The van der Waals surface area contributed by atoms with Gasteiger partial charge < -0.3 is 14.7 Å². The molecule has 2 aliphatic rings. The Morgan fingerprint density at radius 2 is 1.61 bits per heavy atom. The van der Waals surface area contributed by atoms with Crippen LogP contribution in [0.25, 0.3) is 0 Å². The van der Waals surface area contributed by atoms with Crippen LogP contribution in [0.2, 0.25) is 0 Å². The highest BCUT2D eigenvalue weighted by Gasteiger charge is 2.28. The van der Waals surface area contributed by atoms with Crippen molar-refractivity contribution in [2.75, 3.05) is 49.1 Å². The summed E-state index contributed by atoms with van der Waals surface area (Å²) in [6, 6.07) is 8.58. The van der Waals surface area contributed by atoms with Gasteiger partial charge in [0.1, 0.15) is 0 Å². The first kappa shape index (κ1) is 18.2. The van der Waals surface area contributed by atoms with Crippen LogP contribution in [0.5, 0.6) is 0 Å². The van der Waals surface area contributed by atoms with E-state index >= 15 is 0 Å². The molecule has 8 heteroatoms. The molecule has 0 bridgehead atoms. The van der Waals surface area contributed by atoms with Crippen molar-refractivity contribution in [1.29, 1.82) is 0 Å². The maximum Gasteiger partial charge on any atom is 0.270 e. The second kappa shape index (κ2) is 7.84. The van der Waals surface area contributed by atoms with E-state index in [4.69, 9.17) is 0 Å². The summed E-state index contributed by atoms with van der Waals surface area (Å²) in [5.41, 5.74) is 2.30. The second-order valence-corrected chi connectivity index (χ2v) is 7.14. The Morgan fingerprint density at radius 3 is 2.25 bits per heavy atom. The third kappa shape index (κ3) is 3.62. The van der Waals surface area contributed by atoms with Gasteiger partial charge >= 0.3 is 0 Å². The van der Waals surface area contributed by atoms with Gasteiger partial charge in [-0.1, -0.05) is 0 Å². The molecule has 1 aromatic heterocycles. The Hall–Kier alpha value is -3.16. The van der Waals surface area contributed by atoms with Gasteiger partial charge in [0.2, 0.25) is 0 Å². The van der Waals surface area contributed by atoms with Gasteiger partial charge in [-0.25, -0.2) is 0 Å². The Morgan fingerprint density at radius 1 is 0.929 bits per heavy atom. The zero-order valence-corrected chi connectivity index (χ0v) is 15.7. The topological polar surface area (TPSA) is 82.8 Å². The Labute approximate surface area is 163 Å². The van der Waals surface area contributed by atoms with Gasteiger partial charge in [0.05, 0.1) is 16.2 Å². The molecule has 2 fully saturated rings.